The number of hydrogen-bond donors (Lipinski definition) is 2. The number of halogens is 1. The van der Waals surface area contributed by atoms with Gasteiger partial charge in [-0.2, -0.15) is 4.98 Å². The van der Waals surface area contributed by atoms with E-state index >= 15 is 0 Å². The van der Waals surface area contributed by atoms with E-state index < -0.39 is 0 Å². The van der Waals surface area contributed by atoms with Crippen LogP contribution in [0.25, 0.3) is 0 Å². The van der Waals surface area contributed by atoms with Crippen LogP contribution in [0, 0.1) is 13.8 Å². The number of nitrogens with zero attached hydrogens (tertiary/aromatic N) is 4. The number of aliphatic imine (C=N–C) groups is 1. The maximum absolute atomic E-state index is 11.9. The Hall–Kier alpha value is -1.76. The van der Waals surface area contributed by atoms with Gasteiger partial charge in [0.05, 0.1) is 18.3 Å². The largest absolute Gasteiger partial charge is 0.462 e. The first-order valence-electron chi connectivity index (χ1n) is 8.35. The average Bonchev–Trinajstić information content (AvgIpc) is 3.19. The Morgan fingerprint density at radius 2 is 2.11 bits per heavy atom. The molecule has 2 rings (SSSR count). The van der Waals surface area contributed by atoms with Crippen LogP contribution in [0.5, 0.6) is 0 Å². The van der Waals surface area contributed by atoms with Gasteiger partial charge in [0, 0.05) is 20.0 Å². The normalized spacial score (nSPS) is 12.3. The molecule has 2 heterocycles. The summed E-state index contributed by atoms with van der Waals surface area (Å²) in [6.45, 7) is 8.27. The highest BCUT2D eigenvalue weighted by atomic mass is 127. The van der Waals surface area contributed by atoms with E-state index in [0.717, 1.165) is 5.01 Å². The molecule has 0 aromatic carbocycles. The lowest BCUT2D eigenvalue weighted by Gasteiger charge is -2.15. The molecule has 0 amide bonds. The summed E-state index contributed by atoms with van der Waals surface area (Å²) in [5.74, 6) is 1.48. The molecular weight excluding hydrogens is 483 g/mol. The molecule has 0 radical (unpaired) electrons. The molecule has 1 unspecified atom stereocenters. The van der Waals surface area contributed by atoms with E-state index in [9.17, 15) is 4.79 Å². The van der Waals surface area contributed by atoms with Crippen molar-refractivity contribution >= 4 is 47.2 Å². The van der Waals surface area contributed by atoms with Gasteiger partial charge < -0.3 is 19.9 Å². The number of rotatable bonds is 7. The fourth-order valence-electron chi connectivity index (χ4n) is 2.18. The third-order valence-corrected chi connectivity index (χ3v) is 4.74. The van der Waals surface area contributed by atoms with Gasteiger partial charge in [-0.3, -0.25) is 4.99 Å². The van der Waals surface area contributed by atoms with Gasteiger partial charge in [0.2, 0.25) is 5.89 Å². The average molecular weight is 508 g/mol. The number of nitrogens with one attached hydrogen (secondary N) is 2. The van der Waals surface area contributed by atoms with Crippen molar-refractivity contribution < 1.29 is 14.1 Å². The summed E-state index contributed by atoms with van der Waals surface area (Å²) in [6.07, 6.45) is 0.597. The first-order valence-corrected chi connectivity index (χ1v) is 9.17. The van der Waals surface area contributed by atoms with Crippen molar-refractivity contribution in [3.63, 3.8) is 0 Å². The van der Waals surface area contributed by atoms with Crippen molar-refractivity contribution in [1.29, 1.82) is 0 Å². The number of hydrogen-bond acceptors (Lipinski definition) is 8. The molecule has 0 saturated carbocycles. The third-order valence-electron chi connectivity index (χ3n) is 3.42. The highest BCUT2D eigenvalue weighted by molar-refractivity contribution is 14.0. The molecule has 2 aromatic rings. The first kappa shape index (κ1) is 23.3. The van der Waals surface area contributed by atoms with Crippen LogP contribution < -0.4 is 10.6 Å². The molecule has 0 fully saturated rings. The van der Waals surface area contributed by atoms with Crippen molar-refractivity contribution in [2.24, 2.45) is 4.99 Å². The van der Waals surface area contributed by atoms with E-state index in [1.54, 1.807) is 27.8 Å². The zero-order valence-corrected chi connectivity index (χ0v) is 19.2. The van der Waals surface area contributed by atoms with Gasteiger partial charge in [-0.15, -0.1) is 35.3 Å². The molecule has 1 atom stereocenters. The number of aryl methyl sites for hydroxylation is 2. The predicted molar refractivity (Wildman–Crippen MR) is 114 cm³/mol. The van der Waals surface area contributed by atoms with Crippen molar-refractivity contribution in [2.45, 2.75) is 40.2 Å². The van der Waals surface area contributed by atoms with Crippen LogP contribution in [0.3, 0.4) is 0 Å². The Balaban J connectivity index is 0.00000364. The van der Waals surface area contributed by atoms with Crippen LogP contribution in [0.2, 0.25) is 0 Å². The van der Waals surface area contributed by atoms with Gasteiger partial charge in [0.15, 0.2) is 11.8 Å². The van der Waals surface area contributed by atoms with Gasteiger partial charge in [-0.25, -0.2) is 9.78 Å². The topological polar surface area (TPSA) is 115 Å². The number of thiazole rings is 1. The molecule has 2 N–H and O–H groups in total. The van der Waals surface area contributed by atoms with Crippen molar-refractivity contribution in [3.8, 4) is 0 Å². The Bertz CT molecular complexity index is 776. The van der Waals surface area contributed by atoms with Gasteiger partial charge in [-0.05, 0) is 27.7 Å². The van der Waals surface area contributed by atoms with Gasteiger partial charge >= 0.3 is 5.97 Å². The van der Waals surface area contributed by atoms with Crippen molar-refractivity contribution in [3.05, 3.63) is 27.3 Å². The first-order chi connectivity index (χ1) is 12.4. The zero-order valence-electron chi connectivity index (χ0n) is 16.0. The molecule has 27 heavy (non-hydrogen) atoms. The van der Waals surface area contributed by atoms with E-state index in [-0.39, 0.29) is 36.0 Å². The fraction of sp³-hybridized carbons (Fsp3) is 0.562. The summed E-state index contributed by atoms with van der Waals surface area (Å²) in [6, 6.07) is -0.112. The maximum Gasteiger partial charge on any atom is 0.350 e. The number of carbonyl (C=O) groups excluding carboxylic acids is 1. The molecule has 0 bridgehead atoms. The zero-order chi connectivity index (χ0) is 19.1. The van der Waals surface area contributed by atoms with Crippen molar-refractivity contribution in [2.75, 3.05) is 20.2 Å². The molecule has 150 valence electrons. The lowest BCUT2D eigenvalue weighted by atomic mass is 10.3. The summed E-state index contributed by atoms with van der Waals surface area (Å²) >= 11 is 1.33. The van der Waals surface area contributed by atoms with Crippen LogP contribution in [-0.2, 0) is 11.2 Å². The minimum Gasteiger partial charge on any atom is -0.462 e. The minimum absolute atomic E-state index is 0. The third kappa shape index (κ3) is 6.72. The second kappa shape index (κ2) is 11.2. The Kier molecular flexibility index (Phi) is 9.63. The highest BCUT2D eigenvalue weighted by Gasteiger charge is 2.20. The lowest BCUT2D eigenvalue weighted by Crippen LogP contribution is -2.39. The van der Waals surface area contributed by atoms with Crippen molar-refractivity contribution in [1.82, 2.24) is 25.8 Å². The molecule has 0 saturated heterocycles. The lowest BCUT2D eigenvalue weighted by molar-refractivity contribution is 0.0531. The Morgan fingerprint density at radius 1 is 1.37 bits per heavy atom. The summed E-state index contributed by atoms with van der Waals surface area (Å²) in [4.78, 5) is 25.3. The van der Waals surface area contributed by atoms with E-state index in [0.29, 0.717) is 47.8 Å². The predicted octanol–water partition coefficient (Wildman–Crippen LogP) is 2.41. The Morgan fingerprint density at radius 3 is 2.70 bits per heavy atom. The monoisotopic (exact) mass is 508 g/mol. The molecule has 2 aromatic heterocycles. The number of guanidine groups is 1. The number of aromatic nitrogens is 3. The number of esters is 1. The second-order valence-electron chi connectivity index (χ2n) is 5.54. The fourth-order valence-corrected chi connectivity index (χ4v) is 3.14. The van der Waals surface area contributed by atoms with E-state index in [2.05, 4.69) is 30.8 Å². The quantitative estimate of drug-likeness (QED) is 0.254. The summed E-state index contributed by atoms with van der Waals surface area (Å²) in [7, 11) is 1.69. The summed E-state index contributed by atoms with van der Waals surface area (Å²) in [5, 5.41) is 11.0. The highest BCUT2D eigenvalue weighted by Crippen LogP contribution is 2.24. The van der Waals surface area contributed by atoms with Gasteiger partial charge in [-0.1, -0.05) is 5.16 Å². The molecular formula is C16H25IN6O3S. The van der Waals surface area contributed by atoms with E-state index in [1.165, 1.54) is 11.3 Å². The van der Waals surface area contributed by atoms with Crippen LogP contribution in [-0.4, -0.2) is 47.3 Å². The Labute approximate surface area is 179 Å². The number of ether oxygens (including phenoxy) is 1. The van der Waals surface area contributed by atoms with Crippen LogP contribution in [0.15, 0.2) is 9.52 Å². The summed E-state index contributed by atoms with van der Waals surface area (Å²) in [5.41, 5.74) is 0.673. The van der Waals surface area contributed by atoms with Crippen LogP contribution in [0.1, 0.15) is 52.0 Å². The van der Waals surface area contributed by atoms with E-state index in [1.807, 2.05) is 6.92 Å². The summed E-state index contributed by atoms with van der Waals surface area (Å²) < 4.78 is 10.1. The van der Waals surface area contributed by atoms with Gasteiger partial charge in [0.25, 0.3) is 0 Å². The SMILES string of the molecule is CCOC(=O)c1sc(C(C)NC(=NC)NCCc2nc(C)no2)nc1C.I. The van der Waals surface area contributed by atoms with Crippen LogP contribution in [0.4, 0.5) is 0 Å². The molecule has 0 aliphatic heterocycles. The molecule has 0 aliphatic carbocycles. The molecule has 0 spiro atoms. The molecule has 9 nitrogen and oxygen atoms in total. The maximum atomic E-state index is 11.9. The number of carbonyl (C=O) groups is 1. The smallest absolute Gasteiger partial charge is 0.350 e. The van der Waals surface area contributed by atoms with E-state index in [4.69, 9.17) is 9.26 Å². The second-order valence-corrected chi connectivity index (χ2v) is 6.57. The van der Waals surface area contributed by atoms with Gasteiger partial charge in [0.1, 0.15) is 9.88 Å². The minimum atomic E-state index is -0.335. The van der Waals surface area contributed by atoms with Crippen LogP contribution >= 0.6 is 35.3 Å². The molecule has 11 heteroatoms. The molecule has 0 aliphatic rings. The standard InChI is InChI=1S/C16H24N6O3S.HI/c1-6-24-15(23)13-9(2)19-14(26-13)10(3)20-16(17-5)18-8-7-12-21-11(4)22-25-12;/h10H,6-8H2,1-5H3,(H2,17,18,20);1H.